The summed E-state index contributed by atoms with van der Waals surface area (Å²) in [7, 11) is 0. The Labute approximate surface area is 124 Å². The second-order valence-electron chi connectivity index (χ2n) is 6.90. The molecule has 2 aromatic rings. The van der Waals surface area contributed by atoms with Gasteiger partial charge in [-0.2, -0.15) is 0 Å². The summed E-state index contributed by atoms with van der Waals surface area (Å²) in [5, 5.41) is 1.27. The molecule has 3 heterocycles. The summed E-state index contributed by atoms with van der Waals surface area (Å²) in [6.07, 6.45) is 3.47. The molecule has 3 heteroatoms. The zero-order valence-corrected chi connectivity index (χ0v) is 13.2. The third-order valence-corrected chi connectivity index (χ3v) is 6.73. The summed E-state index contributed by atoms with van der Waals surface area (Å²) < 4.78 is 7.70. The second kappa shape index (κ2) is 4.05. The third-order valence-electron chi connectivity index (χ3n) is 5.67. The molecule has 2 fully saturated rings. The number of para-hydroxylation sites is 1. The molecule has 2 aliphatic heterocycles. The largest absolute Gasteiger partial charge is 0.369 e. The zero-order valence-electron chi connectivity index (χ0n) is 12.3. The standard InChI is InChI=1S/C17H21NOS/c1-11-12(17(3)9-8-16(11,2)19-17)10-15-18-13-6-4-5-7-14(13)20-15/h4-7,11-12H,8-10H2,1-3H3/t11-,12-,16+,17-/m1/s1. The minimum atomic E-state index is 0.0615. The first kappa shape index (κ1) is 12.8. The van der Waals surface area contributed by atoms with Crippen LogP contribution in [0, 0.1) is 11.8 Å². The lowest BCUT2D eigenvalue weighted by molar-refractivity contribution is -0.0423. The van der Waals surface area contributed by atoms with E-state index in [9.17, 15) is 0 Å². The highest BCUT2D eigenvalue weighted by Crippen LogP contribution is 2.58. The van der Waals surface area contributed by atoms with Gasteiger partial charge < -0.3 is 4.74 Å². The fourth-order valence-electron chi connectivity index (χ4n) is 4.26. The average molecular weight is 287 g/mol. The highest BCUT2D eigenvalue weighted by Gasteiger charge is 2.60. The highest BCUT2D eigenvalue weighted by atomic mass is 32.1. The molecule has 0 amide bonds. The summed E-state index contributed by atoms with van der Waals surface area (Å²) in [4.78, 5) is 4.81. The number of fused-ring (bicyclic) bond motifs is 3. The summed E-state index contributed by atoms with van der Waals surface area (Å²) in [5.74, 6) is 1.22. The smallest absolute Gasteiger partial charge is 0.0942 e. The van der Waals surface area contributed by atoms with E-state index in [1.165, 1.54) is 22.5 Å². The van der Waals surface area contributed by atoms with Crippen LogP contribution in [0.3, 0.4) is 0 Å². The summed E-state index contributed by atoms with van der Waals surface area (Å²) in [6.45, 7) is 6.96. The quantitative estimate of drug-likeness (QED) is 0.815. The van der Waals surface area contributed by atoms with Gasteiger partial charge in [-0.1, -0.05) is 19.1 Å². The molecule has 0 spiro atoms. The number of rotatable bonds is 2. The number of hydrogen-bond acceptors (Lipinski definition) is 3. The van der Waals surface area contributed by atoms with Crippen LogP contribution in [0.25, 0.3) is 10.2 Å². The van der Waals surface area contributed by atoms with Crippen molar-refractivity contribution in [1.82, 2.24) is 4.98 Å². The number of nitrogens with zero attached hydrogens (tertiary/aromatic N) is 1. The van der Waals surface area contributed by atoms with E-state index >= 15 is 0 Å². The van der Waals surface area contributed by atoms with Gasteiger partial charge >= 0.3 is 0 Å². The molecule has 0 radical (unpaired) electrons. The van der Waals surface area contributed by atoms with Crippen molar-refractivity contribution in [3.63, 3.8) is 0 Å². The molecular formula is C17H21NOS. The SMILES string of the molecule is C[C@@H]1[C@@H](Cc2nc3ccccc3s2)[C@@]2(C)CC[C@]1(C)O2. The molecular weight excluding hydrogens is 266 g/mol. The number of aromatic nitrogens is 1. The molecule has 4 rings (SSSR count). The van der Waals surface area contributed by atoms with Crippen LogP contribution >= 0.6 is 11.3 Å². The van der Waals surface area contributed by atoms with Crippen LogP contribution in [-0.2, 0) is 11.2 Å². The summed E-state index contributed by atoms with van der Waals surface area (Å²) >= 11 is 1.84. The van der Waals surface area contributed by atoms with Crippen LogP contribution in [0.4, 0.5) is 0 Å². The Morgan fingerprint density at radius 3 is 2.70 bits per heavy atom. The Kier molecular flexibility index (Phi) is 2.59. The first-order valence-electron chi connectivity index (χ1n) is 7.55. The van der Waals surface area contributed by atoms with Gasteiger partial charge in [-0.05, 0) is 50.7 Å². The average Bonchev–Trinajstić information content (AvgIpc) is 3.01. The summed E-state index contributed by atoms with van der Waals surface area (Å²) in [5.41, 5.74) is 1.29. The van der Waals surface area contributed by atoms with Gasteiger partial charge in [0, 0.05) is 6.42 Å². The van der Waals surface area contributed by atoms with Crippen LogP contribution in [0.15, 0.2) is 24.3 Å². The predicted molar refractivity (Wildman–Crippen MR) is 83.1 cm³/mol. The lowest BCUT2D eigenvalue weighted by Gasteiger charge is -2.33. The Hall–Kier alpha value is -0.930. The van der Waals surface area contributed by atoms with Crippen molar-refractivity contribution >= 4 is 21.6 Å². The number of ether oxygens (including phenoxy) is 1. The van der Waals surface area contributed by atoms with Crippen molar-refractivity contribution in [2.75, 3.05) is 0 Å². The van der Waals surface area contributed by atoms with Crippen molar-refractivity contribution in [2.45, 2.75) is 51.2 Å². The maximum atomic E-state index is 6.40. The maximum Gasteiger partial charge on any atom is 0.0942 e. The van der Waals surface area contributed by atoms with Crippen molar-refractivity contribution in [3.05, 3.63) is 29.3 Å². The normalized spacial score (nSPS) is 39.8. The fourth-order valence-corrected chi connectivity index (χ4v) is 5.28. The van der Waals surface area contributed by atoms with Crippen LogP contribution in [0.5, 0.6) is 0 Å². The molecule has 106 valence electrons. The van der Waals surface area contributed by atoms with Gasteiger partial charge in [-0.25, -0.2) is 4.98 Å². The van der Waals surface area contributed by atoms with Gasteiger partial charge in [0.2, 0.25) is 0 Å². The van der Waals surface area contributed by atoms with Crippen molar-refractivity contribution in [3.8, 4) is 0 Å². The minimum Gasteiger partial charge on any atom is -0.369 e. The van der Waals surface area contributed by atoms with Crippen molar-refractivity contribution < 1.29 is 4.74 Å². The molecule has 0 aliphatic carbocycles. The number of thiazole rings is 1. The molecule has 0 saturated carbocycles. The molecule has 1 aromatic carbocycles. The fraction of sp³-hybridized carbons (Fsp3) is 0.588. The number of benzene rings is 1. The van der Waals surface area contributed by atoms with Crippen LogP contribution in [0.1, 0.15) is 38.6 Å². The van der Waals surface area contributed by atoms with E-state index in [2.05, 4.69) is 45.0 Å². The van der Waals surface area contributed by atoms with Crippen LogP contribution in [-0.4, -0.2) is 16.2 Å². The molecule has 1 aromatic heterocycles. The van der Waals surface area contributed by atoms with Gasteiger partial charge in [0.25, 0.3) is 0 Å². The van der Waals surface area contributed by atoms with E-state index in [0.29, 0.717) is 11.8 Å². The molecule has 4 atom stereocenters. The predicted octanol–water partition coefficient (Wildman–Crippen LogP) is 4.43. The van der Waals surface area contributed by atoms with Crippen LogP contribution in [0.2, 0.25) is 0 Å². The molecule has 0 unspecified atom stereocenters. The molecule has 2 nitrogen and oxygen atoms in total. The van der Waals surface area contributed by atoms with Gasteiger partial charge in [0.1, 0.15) is 0 Å². The van der Waals surface area contributed by atoms with Gasteiger partial charge in [0.05, 0.1) is 26.4 Å². The molecule has 2 saturated heterocycles. The summed E-state index contributed by atoms with van der Waals surface area (Å²) in [6, 6.07) is 8.44. The zero-order chi connectivity index (χ0) is 14.0. The van der Waals surface area contributed by atoms with E-state index in [0.717, 1.165) is 11.9 Å². The Bertz CT molecular complexity index is 633. The molecule has 0 N–H and O–H groups in total. The van der Waals surface area contributed by atoms with Gasteiger partial charge in [-0.15, -0.1) is 11.3 Å². The first-order chi connectivity index (χ1) is 9.50. The first-order valence-corrected chi connectivity index (χ1v) is 8.36. The van der Waals surface area contributed by atoms with E-state index in [4.69, 9.17) is 9.72 Å². The van der Waals surface area contributed by atoms with E-state index in [1.807, 2.05) is 11.3 Å². The van der Waals surface area contributed by atoms with E-state index in [1.54, 1.807) is 0 Å². The van der Waals surface area contributed by atoms with Gasteiger partial charge in [0.15, 0.2) is 0 Å². The van der Waals surface area contributed by atoms with Crippen molar-refractivity contribution in [1.29, 1.82) is 0 Å². The lowest BCUT2D eigenvalue weighted by Crippen LogP contribution is -2.37. The maximum absolute atomic E-state index is 6.40. The minimum absolute atomic E-state index is 0.0615. The van der Waals surface area contributed by atoms with E-state index < -0.39 is 0 Å². The lowest BCUT2D eigenvalue weighted by atomic mass is 9.67. The highest BCUT2D eigenvalue weighted by molar-refractivity contribution is 7.18. The van der Waals surface area contributed by atoms with Gasteiger partial charge in [-0.3, -0.25) is 0 Å². The number of hydrogen-bond donors (Lipinski definition) is 0. The molecule has 20 heavy (non-hydrogen) atoms. The van der Waals surface area contributed by atoms with Crippen molar-refractivity contribution in [2.24, 2.45) is 11.8 Å². The Balaban J connectivity index is 1.66. The monoisotopic (exact) mass is 287 g/mol. The molecule has 2 aliphatic rings. The molecule has 2 bridgehead atoms. The van der Waals surface area contributed by atoms with Crippen LogP contribution < -0.4 is 0 Å². The second-order valence-corrected chi connectivity index (χ2v) is 8.02. The Morgan fingerprint density at radius 1 is 1.25 bits per heavy atom. The Morgan fingerprint density at radius 2 is 2.00 bits per heavy atom. The van der Waals surface area contributed by atoms with E-state index in [-0.39, 0.29) is 11.2 Å². The third kappa shape index (κ3) is 1.69. The topological polar surface area (TPSA) is 22.1 Å².